The molecular formula is C29H35F3N2O4P+. The number of rotatable bonds is 6. The summed E-state index contributed by atoms with van der Waals surface area (Å²) in [5.41, 5.74) is 0.271. The number of piperidine rings is 1. The number of halogens is 3. The van der Waals surface area contributed by atoms with Gasteiger partial charge >= 0.3 is 14.4 Å². The first-order valence-electron chi connectivity index (χ1n) is 13.7. The number of benzene rings is 2. The van der Waals surface area contributed by atoms with E-state index in [0.29, 0.717) is 24.8 Å². The van der Waals surface area contributed by atoms with Crippen molar-refractivity contribution in [3.05, 3.63) is 70.8 Å². The van der Waals surface area contributed by atoms with Crippen LogP contribution in [-0.2, 0) is 27.3 Å². The van der Waals surface area contributed by atoms with Gasteiger partial charge in [-0.25, -0.2) is 0 Å². The van der Waals surface area contributed by atoms with Crippen LogP contribution in [0.5, 0.6) is 0 Å². The van der Waals surface area contributed by atoms with Gasteiger partial charge in [0, 0.05) is 27.6 Å². The lowest BCUT2D eigenvalue weighted by Crippen LogP contribution is -2.57. The minimum Gasteiger partial charge on any atom is -0.348 e. The zero-order chi connectivity index (χ0) is 27.8. The molecule has 2 fully saturated rings. The fourth-order valence-electron chi connectivity index (χ4n) is 7.14. The molecule has 10 heteroatoms. The van der Waals surface area contributed by atoms with Gasteiger partial charge in [-0.15, -0.1) is 9.42 Å². The Balaban J connectivity index is 1.49. The highest BCUT2D eigenvalue weighted by molar-refractivity contribution is 7.32. The van der Waals surface area contributed by atoms with Crippen LogP contribution in [0.2, 0.25) is 0 Å². The molecule has 6 nitrogen and oxygen atoms in total. The third kappa shape index (κ3) is 5.51. The Bertz CT molecular complexity index is 1230. The summed E-state index contributed by atoms with van der Waals surface area (Å²) in [6, 6.07) is 15.5. The average Bonchev–Trinajstić information content (AvgIpc) is 2.89. The Kier molecular flexibility index (Phi) is 7.90. The molecule has 1 saturated carbocycles. The second-order valence-electron chi connectivity index (χ2n) is 11.4. The van der Waals surface area contributed by atoms with Crippen molar-refractivity contribution in [2.24, 2.45) is 5.92 Å². The number of alkyl halides is 3. The molecule has 3 N–H and O–H groups in total. The molecule has 0 aromatic heterocycles. The molecule has 0 spiro atoms. The Morgan fingerprint density at radius 2 is 1.95 bits per heavy atom. The molecule has 3 unspecified atom stereocenters. The second-order valence-corrected chi connectivity index (χ2v) is 12.1. The summed E-state index contributed by atoms with van der Waals surface area (Å²) in [5, 5.41) is 6.54. The zero-order valence-electron chi connectivity index (χ0n) is 22.0. The molecule has 1 amide bonds. The van der Waals surface area contributed by atoms with Gasteiger partial charge in [-0.1, -0.05) is 36.4 Å². The molecule has 0 radical (unpaired) electrons. The average molecular weight is 564 g/mol. The lowest BCUT2D eigenvalue weighted by molar-refractivity contribution is -0.268. The summed E-state index contributed by atoms with van der Waals surface area (Å²) in [6.07, 6.45) is -1.95. The number of fused-ring (bicyclic) bond motifs is 3. The largest absolute Gasteiger partial charge is 0.695 e. The van der Waals surface area contributed by atoms with Crippen LogP contribution in [0.25, 0.3) is 0 Å². The number of nitrogens with one attached hydrogen (secondary N) is 2. The van der Waals surface area contributed by atoms with Gasteiger partial charge in [-0.2, -0.15) is 13.2 Å². The van der Waals surface area contributed by atoms with Gasteiger partial charge < -0.3 is 10.6 Å². The second kappa shape index (κ2) is 10.9. The molecule has 3 aliphatic rings. The molecule has 0 bridgehead atoms. The molecule has 6 atom stereocenters. The summed E-state index contributed by atoms with van der Waals surface area (Å²) in [7, 11) is -3.42. The summed E-state index contributed by atoms with van der Waals surface area (Å²) in [4.78, 5) is 22.5. The highest BCUT2D eigenvalue weighted by Gasteiger charge is 2.67. The molecule has 2 aliphatic carbocycles. The first-order valence-corrected chi connectivity index (χ1v) is 14.8. The number of hydrogen-bond donors (Lipinski definition) is 3. The minimum atomic E-state index is -4.77. The number of carbonyl (C=O) groups excluding carboxylic acids is 1. The van der Waals surface area contributed by atoms with E-state index >= 15 is 0 Å². The van der Waals surface area contributed by atoms with Crippen LogP contribution in [0.4, 0.5) is 13.2 Å². The van der Waals surface area contributed by atoms with Crippen LogP contribution in [0, 0.1) is 5.92 Å². The molecule has 1 aliphatic heterocycles. The van der Waals surface area contributed by atoms with Gasteiger partial charge in [-0.05, 0) is 99.6 Å². The molecule has 1 saturated heterocycles. The highest BCUT2D eigenvalue weighted by Crippen LogP contribution is 2.59. The lowest BCUT2D eigenvalue weighted by Gasteiger charge is -2.53. The third-order valence-electron chi connectivity index (χ3n) is 9.21. The van der Waals surface area contributed by atoms with E-state index in [0.717, 1.165) is 36.1 Å². The number of hydrogen-bond acceptors (Lipinski definition) is 4. The maximum absolute atomic E-state index is 14.3. The summed E-state index contributed by atoms with van der Waals surface area (Å²) in [6.45, 7) is 3.00. The molecule has 39 heavy (non-hydrogen) atoms. The summed E-state index contributed by atoms with van der Waals surface area (Å²) < 4.78 is 59.2. The van der Waals surface area contributed by atoms with E-state index < -0.39 is 37.8 Å². The Hall–Kier alpha value is -2.32. The fraction of sp³-hybridized carbons (Fsp3) is 0.552. The normalized spacial score (nSPS) is 31.1. The van der Waals surface area contributed by atoms with Crippen LogP contribution in [0.3, 0.4) is 0 Å². The number of aryl methyl sites for hydroxylation is 1. The molecule has 2 aromatic carbocycles. The quantitative estimate of drug-likeness (QED) is 0.390. The van der Waals surface area contributed by atoms with Crippen molar-refractivity contribution in [2.45, 2.75) is 87.6 Å². The van der Waals surface area contributed by atoms with Gasteiger partial charge in [0.15, 0.2) is 0 Å². The molecule has 210 valence electrons. The van der Waals surface area contributed by atoms with Crippen LogP contribution in [0.1, 0.15) is 72.5 Å². The van der Waals surface area contributed by atoms with Gasteiger partial charge in [0.2, 0.25) is 5.60 Å². The number of amides is 1. The smallest absolute Gasteiger partial charge is 0.348 e. The van der Waals surface area contributed by atoms with Crippen LogP contribution in [0.15, 0.2) is 48.5 Å². The summed E-state index contributed by atoms with van der Waals surface area (Å²) >= 11 is 0. The predicted molar refractivity (Wildman–Crippen MR) is 142 cm³/mol. The predicted octanol–water partition coefficient (Wildman–Crippen LogP) is 5.75. The minimum absolute atomic E-state index is 0.0444. The standard InChI is InChI=1S/C29H34F3N2O4P/c1-19-25(8-5-15-33-19)34-26(35)22-10-12-24-21(16-22)9-11-23-18-28(29(30,31)32,38-39(36)37)14-13-27(23,24)17-20-6-3-2-4-7-20/h2-4,6-7,10,12,16,19,23,25,33H,5,8-9,11,13-15,17-18H2,1H3,(H-,34,35,36,37)/p+1/t19?,23-,25?,27+,28-/m1/s1. The van der Waals surface area contributed by atoms with Crippen molar-refractivity contribution >= 4 is 14.2 Å². The fourth-order valence-corrected chi connectivity index (χ4v) is 7.71. The van der Waals surface area contributed by atoms with Gasteiger partial charge in [-0.3, -0.25) is 4.79 Å². The van der Waals surface area contributed by atoms with E-state index in [2.05, 4.69) is 17.6 Å². The van der Waals surface area contributed by atoms with E-state index in [4.69, 9.17) is 4.52 Å². The topological polar surface area (TPSA) is 87.7 Å². The van der Waals surface area contributed by atoms with Crippen molar-refractivity contribution in [3.8, 4) is 0 Å². The van der Waals surface area contributed by atoms with Crippen LogP contribution >= 0.6 is 8.25 Å². The van der Waals surface area contributed by atoms with E-state index in [-0.39, 0.29) is 30.8 Å². The zero-order valence-corrected chi connectivity index (χ0v) is 22.9. The molecule has 1 heterocycles. The van der Waals surface area contributed by atoms with Crippen LogP contribution in [-0.4, -0.2) is 41.2 Å². The monoisotopic (exact) mass is 563 g/mol. The molecule has 5 rings (SSSR count). The molecule has 2 aromatic rings. The van der Waals surface area contributed by atoms with E-state index in [1.54, 1.807) is 6.07 Å². The van der Waals surface area contributed by atoms with Crippen molar-refractivity contribution in [1.29, 1.82) is 0 Å². The Morgan fingerprint density at radius 3 is 2.64 bits per heavy atom. The maximum Gasteiger partial charge on any atom is 0.695 e. The summed E-state index contributed by atoms with van der Waals surface area (Å²) in [5.74, 6) is -0.554. The maximum atomic E-state index is 14.3. The van der Waals surface area contributed by atoms with Crippen molar-refractivity contribution in [3.63, 3.8) is 0 Å². The van der Waals surface area contributed by atoms with E-state index in [1.807, 2.05) is 42.5 Å². The van der Waals surface area contributed by atoms with E-state index in [1.165, 1.54) is 0 Å². The lowest BCUT2D eigenvalue weighted by atomic mass is 9.52. The van der Waals surface area contributed by atoms with Crippen molar-refractivity contribution < 1.29 is 31.9 Å². The van der Waals surface area contributed by atoms with Gasteiger partial charge in [0.1, 0.15) is 0 Å². The first kappa shape index (κ1) is 28.2. The van der Waals surface area contributed by atoms with Gasteiger partial charge in [0.05, 0.1) is 0 Å². The SMILES string of the molecule is CC1NCCCC1NC(=O)c1ccc2c(c1)CC[C@@H]1C[C@@](O[P+](=O)O)(C(F)(F)F)CC[C@@]21Cc1ccccc1. The number of carbonyl (C=O) groups is 1. The Morgan fingerprint density at radius 1 is 1.18 bits per heavy atom. The highest BCUT2D eigenvalue weighted by atomic mass is 31.1. The molecular weight excluding hydrogens is 528 g/mol. The van der Waals surface area contributed by atoms with Gasteiger partial charge in [0.25, 0.3) is 5.91 Å². The van der Waals surface area contributed by atoms with E-state index in [9.17, 15) is 27.4 Å². The van der Waals surface area contributed by atoms with Crippen LogP contribution < -0.4 is 10.6 Å². The Labute approximate surface area is 227 Å². The van der Waals surface area contributed by atoms with Crippen molar-refractivity contribution in [2.75, 3.05) is 6.54 Å². The third-order valence-corrected chi connectivity index (χ3v) is 9.71. The van der Waals surface area contributed by atoms with Crippen molar-refractivity contribution in [1.82, 2.24) is 10.6 Å². The first-order chi connectivity index (χ1) is 18.5.